The Morgan fingerprint density at radius 2 is 1.78 bits per heavy atom. The normalized spacial score (nSPS) is 24.0. The van der Waals surface area contributed by atoms with E-state index in [4.69, 9.17) is 4.74 Å². The average molecular weight is 628 g/mol. The van der Waals surface area contributed by atoms with Crippen molar-refractivity contribution >= 4 is 34.2 Å². The van der Waals surface area contributed by atoms with Crippen molar-refractivity contribution in [1.82, 2.24) is 20.5 Å². The van der Waals surface area contributed by atoms with Crippen molar-refractivity contribution < 1.29 is 19.1 Å². The second kappa shape index (κ2) is 14.5. The number of rotatable bonds is 6. The maximum absolute atomic E-state index is 13.8. The predicted octanol–water partition coefficient (Wildman–Crippen LogP) is 4.43. The number of thiazole rings is 1. The van der Waals surface area contributed by atoms with Gasteiger partial charge in [-0.3, -0.25) is 19.3 Å². The Kier molecular flexibility index (Phi) is 10.0. The minimum atomic E-state index is -0.674. The van der Waals surface area contributed by atoms with Crippen LogP contribution >= 0.6 is 11.3 Å². The molecule has 0 radical (unpaired) electrons. The fraction of sp³-hybridized carbons (Fsp3) is 0.429. The Hall–Kier alpha value is -3.86. The number of nitrogens with zero attached hydrogens (tertiary/aromatic N) is 2. The summed E-state index contributed by atoms with van der Waals surface area (Å²) in [6.07, 6.45) is 8.07. The Labute approximate surface area is 268 Å². The van der Waals surface area contributed by atoms with Gasteiger partial charge in [-0.05, 0) is 43.6 Å². The number of amides is 3. The van der Waals surface area contributed by atoms with Crippen molar-refractivity contribution in [2.45, 2.75) is 50.6 Å². The number of nitrogens with one attached hydrogen (secondary N) is 3. The molecule has 9 nitrogen and oxygen atoms in total. The summed E-state index contributed by atoms with van der Waals surface area (Å²) in [5, 5.41) is 12.0. The highest BCUT2D eigenvalue weighted by Crippen LogP contribution is 2.36. The lowest BCUT2D eigenvalue weighted by Gasteiger charge is -2.40. The molecule has 45 heavy (non-hydrogen) atoms. The Morgan fingerprint density at radius 1 is 1.02 bits per heavy atom. The number of piperidine rings is 1. The number of carbonyl (C=O) groups is 3. The van der Waals surface area contributed by atoms with E-state index in [1.807, 2.05) is 66.0 Å². The molecule has 1 spiro atoms. The van der Waals surface area contributed by atoms with Gasteiger partial charge in [0.25, 0.3) is 0 Å². The first-order valence-electron chi connectivity index (χ1n) is 15.9. The molecule has 3 aliphatic heterocycles. The van der Waals surface area contributed by atoms with E-state index in [1.165, 1.54) is 11.3 Å². The Bertz CT molecular complexity index is 1490. The highest BCUT2D eigenvalue weighted by molar-refractivity contribution is 7.14. The van der Waals surface area contributed by atoms with Crippen LogP contribution in [0.3, 0.4) is 0 Å². The van der Waals surface area contributed by atoms with E-state index in [0.29, 0.717) is 57.1 Å². The molecular formula is C35H41N5O4S. The maximum atomic E-state index is 13.8. The second-order valence-electron chi connectivity index (χ2n) is 12.4. The van der Waals surface area contributed by atoms with Gasteiger partial charge in [0.05, 0.1) is 17.7 Å². The van der Waals surface area contributed by atoms with Crippen molar-refractivity contribution in [1.29, 1.82) is 0 Å². The number of anilines is 1. The molecule has 6 rings (SSSR count). The third kappa shape index (κ3) is 7.87. The molecule has 0 unspecified atom stereocenters. The lowest BCUT2D eigenvalue weighted by atomic mass is 9.75. The SMILES string of the molecule is O=C(CN1CC[C@H]2NC(=O)[C@@H](Cc3ccccc3)NC(=O)C3(CC=CC[C@H]2C1)CCOCC3)Nc1nc(-c2ccccc2)cs1. The van der Waals surface area contributed by atoms with E-state index in [0.717, 1.165) is 29.7 Å². The van der Waals surface area contributed by atoms with E-state index in [2.05, 4.69) is 38.0 Å². The number of hydrogen-bond donors (Lipinski definition) is 3. The maximum Gasteiger partial charge on any atom is 0.243 e. The first-order chi connectivity index (χ1) is 22.0. The second-order valence-corrected chi connectivity index (χ2v) is 13.2. The lowest BCUT2D eigenvalue weighted by Crippen LogP contribution is -2.58. The topological polar surface area (TPSA) is 113 Å². The first kappa shape index (κ1) is 31.1. The van der Waals surface area contributed by atoms with Gasteiger partial charge < -0.3 is 20.7 Å². The molecule has 4 heterocycles. The summed E-state index contributed by atoms with van der Waals surface area (Å²) in [6, 6.07) is 19.0. The average Bonchev–Trinajstić information content (AvgIpc) is 3.53. The van der Waals surface area contributed by atoms with Crippen molar-refractivity contribution in [3.05, 3.63) is 83.8 Å². The van der Waals surface area contributed by atoms with Crippen LogP contribution in [0.5, 0.6) is 0 Å². The van der Waals surface area contributed by atoms with Gasteiger partial charge in [-0.2, -0.15) is 0 Å². The third-order valence-electron chi connectivity index (χ3n) is 9.28. The van der Waals surface area contributed by atoms with Crippen LogP contribution in [0, 0.1) is 11.3 Å². The molecule has 3 N–H and O–H groups in total. The van der Waals surface area contributed by atoms with Crippen molar-refractivity contribution in [2.24, 2.45) is 11.3 Å². The number of benzene rings is 2. The van der Waals surface area contributed by atoms with Gasteiger partial charge in [0.1, 0.15) is 6.04 Å². The number of fused-ring (bicyclic) bond motifs is 1. The zero-order valence-corrected chi connectivity index (χ0v) is 26.3. The molecule has 0 aliphatic carbocycles. The third-order valence-corrected chi connectivity index (χ3v) is 10.0. The molecule has 3 atom stereocenters. The van der Waals surface area contributed by atoms with Gasteiger partial charge in [0.2, 0.25) is 17.7 Å². The lowest BCUT2D eigenvalue weighted by molar-refractivity contribution is -0.140. The monoisotopic (exact) mass is 627 g/mol. The Balaban J connectivity index is 1.14. The van der Waals surface area contributed by atoms with Crippen molar-refractivity contribution in [3.8, 4) is 11.3 Å². The van der Waals surface area contributed by atoms with Crippen LogP contribution in [-0.4, -0.2) is 72.5 Å². The largest absolute Gasteiger partial charge is 0.381 e. The van der Waals surface area contributed by atoms with Crippen LogP contribution in [-0.2, 0) is 25.5 Å². The molecule has 2 saturated heterocycles. The van der Waals surface area contributed by atoms with E-state index >= 15 is 0 Å². The first-order valence-corrected chi connectivity index (χ1v) is 16.8. The summed E-state index contributed by atoms with van der Waals surface area (Å²) in [5.74, 6) is -0.185. The van der Waals surface area contributed by atoms with Crippen LogP contribution in [0.15, 0.2) is 78.2 Å². The van der Waals surface area contributed by atoms with Crippen molar-refractivity contribution in [2.75, 3.05) is 38.2 Å². The number of ether oxygens (including phenoxy) is 1. The Morgan fingerprint density at radius 3 is 2.56 bits per heavy atom. The van der Waals surface area contributed by atoms with Gasteiger partial charge in [0.15, 0.2) is 5.13 Å². The number of carbonyl (C=O) groups excluding carboxylic acids is 3. The highest BCUT2D eigenvalue weighted by atomic mass is 32.1. The zero-order chi connectivity index (χ0) is 31.1. The fourth-order valence-electron chi connectivity index (χ4n) is 6.63. The summed E-state index contributed by atoms with van der Waals surface area (Å²) >= 11 is 1.42. The summed E-state index contributed by atoms with van der Waals surface area (Å²) < 4.78 is 5.61. The number of aromatic nitrogens is 1. The van der Waals surface area contributed by atoms with Gasteiger partial charge >= 0.3 is 0 Å². The summed E-state index contributed by atoms with van der Waals surface area (Å²) in [4.78, 5) is 47.4. The minimum Gasteiger partial charge on any atom is -0.381 e. The minimum absolute atomic E-state index is 0.0551. The molecule has 3 aromatic rings. The molecule has 3 aliphatic rings. The molecule has 10 heteroatoms. The van der Waals surface area contributed by atoms with E-state index in [-0.39, 0.29) is 36.2 Å². The summed E-state index contributed by atoms with van der Waals surface area (Å²) in [6.45, 7) is 2.70. The van der Waals surface area contributed by atoms with Crippen molar-refractivity contribution in [3.63, 3.8) is 0 Å². The van der Waals surface area contributed by atoms with Crippen LogP contribution in [0.2, 0.25) is 0 Å². The smallest absolute Gasteiger partial charge is 0.243 e. The predicted molar refractivity (Wildman–Crippen MR) is 176 cm³/mol. The molecule has 3 amide bonds. The van der Waals surface area contributed by atoms with Gasteiger partial charge in [-0.15, -0.1) is 11.3 Å². The zero-order valence-electron chi connectivity index (χ0n) is 25.5. The van der Waals surface area contributed by atoms with E-state index in [1.54, 1.807) is 0 Å². The standard InChI is InChI=1S/C35H41N5O4S/c41-31(39-34-38-30(24-45-34)26-11-5-2-6-12-26)23-40-18-14-28-27(22-40)13-7-8-15-35(16-19-44-20-17-35)33(43)37-29(32(42)36-28)21-25-9-3-1-4-10-25/h1-12,24,27-29H,13-23H2,(H,36,42)(H,37,43)(H,38,39,41)/t27-,28+,29+/m0/s1. The van der Waals surface area contributed by atoms with Crippen LogP contribution in [0.4, 0.5) is 5.13 Å². The summed E-state index contributed by atoms with van der Waals surface area (Å²) in [5.41, 5.74) is 2.27. The number of allylic oxidation sites excluding steroid dienone is 2. The summed E-state index contributed by atoms with van der Waals surface area (Å²) in [7, 11) is 0. The van der Waals surface area contributed by atoms with Gasteiger partial charge in [0, 0.05) is 49.7 Å². The highest BCUT2D eigenvalue weighted by Gasteiger charge is 2.41. The number of likely N-dealkylation sites (tertiary alicyclic amines) is 1. The molecule has 2 fully saturated rings. The van der Waals surface area contributed by atoms with Gasteiger partial charge in [-0.25, -0.2) is 4.98 Å². The van der Waals surface area contributed by atoms with E-state index in [9.17, 15) is 14.4 Å². The quantitative estimate of drug-likeness (QED) is 0.349. The van der Waals surface area contributed by atoms with Crippen LogP contribution < -0.4 is 16.0 Å². The number of hydrogen-bond acceptors (Lipinski definition) is 7. The van der Waals surface area contributed by atoms with Gasteiger partial charge in [-0.1, -0.05) is 72.8 Å². The fourth-order valence-corrected chi connectivity index (χ4v) is 7.37. The van der Waals surface area contributed by atoms with Crippen LogP contribution in [0.25, 0.3) is 11.3 Å². The molecular weight excluding hydrogens is 586 g/mol. The van der Waals surface area contributed by atoms with E-state index < -0.39 is 11.5 Å². The van der Waals surface area contributed by atoms with Crippen LogP contribution in [0.1, 0.15) is 37.7 Å². The molecule has 236 valence electrons. The molecule has 0 bridgehead atoms. The molecule has 0 saturated carbocycles. The molecule has 2 aromatic carbocycles. The molecule has 1 aromatic heterocycles.